The molecule has 0 atom stereocenters. The van der Waals surface area contributed by atoms with Gasteiger partial charge in [-0.25, -0.2) is 0 Å². The minimum Gasteiger partial charge on any atom is -0.496 e. The smallest absolute Gasteiger partial charge is 0.123 e. The minimum atomic E-state index is 0.788. The van der Waals surface area contributed by atoms with Crippen molar-refractivity contribution < 1.29 is 4.74 Å². The summed E-state index contributed by atoms with van der Waals surface area (Å²) in [6.45, 7) is 5.29. The molecule has 0 aliphatic rings. The average Bonchev–Trinajstić information content (AvgIpc) is 2.39. The van der Waals surface area contributed by atoms with Crippen LogP contribution in [0.1, 0.15) is 5.56 Å². The molecule has 1 N–H and O–H groups in total. The predicted octanol–water partition coefficient (Wildman–Crippen LogP) is 3.12. The Morgan fingerprint density at radius 1 is 1.24 bits per heavy atom. The summed E-state index contributed by atoms with van der Waals surface area (Å²) >= 11 is 0. The lowest BCUT2D eigenvalue weighted by molar-refractivity contribution is 0.409. The Kier molecular flexibility index (Phi) is 3.78. The van der Waals surface area contributed by atoms with Crippen LogP contribution in [0.5, 0.6) is 5.75 Å². The molecule has 2 aromatic rings. The topological polar surface area (TPSA) is 21.3 Å². The molecule has 0 bridgehead atoms. The highest BCUT2D eigenvalue weighted by Gasteiger charge is 2.06. The maximum atomic E-state index is 5.42. The zero-order valence-electron chi connectivity index (χ0n) is 10.1. The normalized spacial score (nSPS) is 10.4. The van der Waals surface area contributed by atoms with Crippen molar-refractivity contribution in [2.75, 3.05) is 13.7 Å². The van der Waals surface area contributed by atoms with Crippen molar-refractivity contribution in [1.29, 1.82) is 0 Å². The highest BCUT2D eigenvalue weighted by molar-refractivity contribution is 5.87. The van der Waals surface area contributed by atoms with Gasteiger partial charge in [-0.15, -0.1) is 6.58 Å². The highest BCUT2D eigenvalue weighted by Crippen LogP contribution is 2.27. The standard InChI is InChI=1S/C15H17NO/c1-3-10-16-11-14-13-7-5-4-6-12(13)8-9-15(14)17-2/h3-9,16H,1,10-11H2,2H3. The van der Waals surface area contributed by atoms with E-state index < -0.39 is 0 Å². The zero-order valence-corrected chi connectivity index (χ0v) is 10.1. The highest BCUT2D eigenvalue weighted by atomic mass is 16.5. The van der Waals surface area contributed by atoms with Crippen molar-refractivity contribution in [3.8, 4) is 5.75 Å². The first-order valence-electron chi connectivity index (χ1n) is 5.73. The van der Waals surface area contributed by atoms with E-state index in [4.69, 9.17) is 4.74 Å². The Hall–Kier alpha value is -1.80. The molecule has 0 aliphatic carbocycles. The van der Waals surface area contributed by atoms with Gasteiger partial charge < -0.3 is 10.1 Å². The zero-order chi connectivity index (χ0) is 12.1. The van der Waals surface area contributed by atoms with Gasteiger partial charge in [-0.1, -0.05) is 36.4 Å². The minimum absolute atomic E-state index is 0.788. The van der Waals surface area contributed by atoms with Crippen LogP contribution in [0.4, 0.5) is 0 Å². The Bertz CT molecular complexity index is 519. The first-order chi connectivity index (χ1) is 8.36. The third-order valence-electron chi connectivity index (χ3n) is 2.81. The molecule has 88 valence electrons. The molecule has 0 saturated carbocycles. The van der Waals surface area contributed by atoms with Crippen LogP contribution in [0.25, 0.3) is 10.8 Å². The van der Waals surface area contributed by atoms with Gasteiger partial charge in [0.25, 0.3) is 0 Å². The molecule has 0 saturated heterocycles. The summed E-state index contributed by atoms with van der Waals surface area (Å²) in [6.07, 6.45) is 1.86. The second-order valence-electron chi connectivity index (χ2n) is 3.89. The van der Waals surface area contributed by atoms with Crippen LogP contribution in [0.3, 0.4) is 0 Å². The molecule has 0 spiro atoms. The number of fused-ring (bicyclic) bond motifs is 1. The second kappa shape index (κ2) is 5.51. The van der Waals surface area contributed by atoms with E-state index in [2.05, 4.69) is 42.2 Å². The summed E-state index contributed by atoms with van der Waals surface area (Å²) in [6, 6.07) is 12.5. The van der Waals surface area contributed by atoms with Gasteiger partial charge in [0.1, 0.15) is 5.75 Å². The van der Waals surface area contributed by atoms with Gasteiger partial charge in [0.15, 0.2) is 0 Å². The van der Waals surface area contributed by atoms with E-state index in [-0.39, 0.29) is 0 Å². The average molecular weight is 227 g/mol. The van der Waals surface area contributed by atoms with Crippen molar-refractivity contribution in [2.45, 2.75) is 6.54 Å². The molecule has 0 heterocycles. The van der Waals surface area contributed by atoms with Crippen LogP contribution < -0.4 is 10.1 Å². The van der Waals surface area contributed by atoms with Crippen molar-refractivity contribution in [1.82, 2.24) is 5.32 Å². The van der Waals surface area contributed by atoms with Crippen LogP contribution in [0, 0.1) is 0 Å². The van der Waals surface area contributed by atoms with Gasteiger partial charge in [0, 0.05) is 18.7 Å². The van der Waals surface area contributed by atoms with Crippen molar-refractivity contribution in [2.24, 2.45) is 0 Å². The van der Waals surface area contributed by atoms with Gasteiger partial charge in [0.05, 0.1) is 7.11 Å². The van der Waals surface area contributed by atoms with Gasteiger partial charge in [-0.05, 0) is 16.8 Å². The molecule has 0 aliphatic heterocycles. The lowest BCUT2D eigenvalue weighted by atomic mass is 10.0. The fourth-order valence-corrected chi connectivity index (χ4v) is 1.99. The van der Waals surface area contributed by atoms with E-state index in [9.17, 15) is 0 Å². The quantitative estimate of drug-likeness (QED) is 0.626. The fourth-order valence-electron chi connectivity index (χ4n) is 1.99. The molecule has 0 radical (unpaired) electrons. The largest absolute Gasteiger partial charge is 0.496 e. The molecular weight excluding hydrogens is 210 g/mol. The fraction of sp³-hybridized carbons (Fsp3) is 0.200. The summed E-state index contributed by atoms with van der Waals surface area (Å²) in [5.41, 5.74) is 1.20. The first kappa shape index (κ1) is 11.7. The van der Waals surface area contributed by atoms with Crippen LogP contribution in [0.2, 0.25) is 0 Å². The Labute approximate surface area is 102 Å². The van der Waals surface area contributed by atoms with Crippen molar-refractivity contribution in [3.05, 3.63) is 54.6 Å². The van der Waals surface area contributed by atoms with E-state index in [0.29, 0.717) is 0 Å². The SMILES string of the molecule is C=CCNCc1c(OC)ccc2ccccc12. The van der Waals surface area contributed by atoms with E-state index >= 15 is 0 Å². The second-order valence-corrected chi connectivity index (χ2v) is 3.89. The Morgan fingerprint density at radius 2 is 2.06 bits per heavy atom. The molecule has 2 rings (SSSR count). The summed E-state index contributed by atoms with van der Waals surface area (Å²) in [4.78, 5) is 0. The lowest BCUT2D eigenvalue weighted by Crippen LogP contribution is -2.13. The Morgan fingerprint density at radius 3 is 2.82 bits per heavy atom. The molecule has 2 aromatic carbocycles. The summed E-state index contributed by atoms with van der Waals surface area (Å²) < 4.78 is 5.42. The number of hydrogen-bond acceptors (Lipinski definition) is 2. The summed E-state index contributed by atoms with van der Waals surface area (Å²) in [7, 11) is 1.71. The molecular formula is C15H17NO. The van der Waals surface area contributed by atoms with Crippen LogP contribution in [-0.2, 0) is 6.54 Å². The molecule has 0 amide bonds. The predicted molar refractivity (Wildman–Crippen MR) is 72.4 cm³/mol. The molecule has 2 nitrogen and oxygen atoms in total. The van der Waals surface area contributed by atoms with E-state index in [1.807, 2.05) is 12.1 Å². The number of methoxy groups -OCH3 is 1. The van der Waals surface area contributed by atoms with Gasteiger partial charge in [-0.3, -0.25) is 0 Å². The van der Waals surface area contributed by atoms with Crippen molar-refractivity contribution >= 4 is 10.8 Å². The van der Waals surface area contributed by atoms with E-state index in [1.54, 1.807) is 7.11 Å². The van der Waals surface area contributed by atoms with Gasteiger partial charge >= 0.3 is 0 Å². The number of hydrogen-bond donors (Lipinski definition) is 1. The molecule has 17 heavy (non-hydrogen) atoms. The number of nitrogens with one attached hydrogen (secondary N) is 1. The van der Waals surface area contributed by atoms with Gasteiger partial charge in [-0.2, -0.15) is 0 Å². The number of benzene rings is 2. The third-order valence-corrected chi connectivity index (χ3v) is 2.81. The van der Waals surface area contributed by atoms with Crippen LogP contribution in [0.15, 0.2) is 49.1 Å². The van der Waals surface area contributed by atoms with Crippen molar-refractivity contribution in [3.63, 3.8) is 0 Å². The molecule has 0 aromatic heterocycles. The van der Waals surface area contributed by atoms with E-state index in [0.717, 1.165) is 18.8 Å². The number of ether oxygens (including phenoxy) is 1. The monoisotopic (exact) mass is 227 g/mol. The molecule has 2 heteroatoms. The van der Waals surface area contributed by atoms with Gasteiger partial charge in [0.2, 0.25) is 0 Å². The maximum absolute atomic E-state index is 5.42. The molecule has 0 unspecified atom stereocenters. The Balaban J connectivity index is 2.43. The van der Waals surface area contributed by atoms with Crippen LogP contribution in [-0.4, -0.2) is 13.7 Å². The van der Waals surface area contributed by atoms with Crippen LogP contribution >= 0.6 is 0 Å². The number of rotatable bonds is 5. The maximum Gasteiger partial charge on any atom is 0.123 e. The summed E-state index contributed by atoms with van der Waals surface area (Å²) in [5.74, 6) is 0.931. The lowest BCUT2D eigenvalue weighted by Gasteiger charge is -2.12. The molecule has 0 fully saturated rings. The summed E-state index contributed by atoms with van der Waals surface area (Å²) in [5, 5.41) is 5.80. The van der Waals surface area contributed by atoms with E-state index in [1.165, 1.54) is 16.3 Å². The third kappa shape index (κ3) is 2.48. The first-order valence-corrected chi connectivity index (χ1v) is 5.73.